The normalized spacial score (nSPS) is 15.6. The number of hydrogen-bond donors (Lipinski definition) is 2. The second-order valence-electron chi connectivity index (χ2n) is 5.81. The Labute approximate surface area is 168 Å². The highest BCUT2D eigenvalue weighted by molar-refractivity contribution is 7.89. The summed E-state index contributed by atoms with van der Waals surface area (Å²) in [6, 6.07) is 6.42. The molecular formula is C16H28Cl2N4O3S. The lowest BCUT2D eigenvalue weighted by molar-refractivity contribution is -0.116. The standard InChI is InChI=1S/C16H26N4O3S.2ClH/c1-2-19-9-11-20(12-10-19)24(22,23)15-6-3-5-14(13-15)18-16(21)7-4-8-17;;/h3,5-6,13H,2,4,7-12,17H2,1H3,(H,18,21);2*1H. The first-order valence-electron chi connectivity index (χ1n) is 8.30. The fourth-order valence-corrected chi connectivity index (χ4v) is 4.12. The van der Waals surface area contributed by atoms with Gasteiger partial charge in [-0.2, -0.15) is 4.31 Å². The Bertz CT molecular complexity index is 665. The number of nitrogens with one attached hydrogen (secondary N) is 1. The van der Waals surface area contributed by atoms with Crippen molar-refractivity contribution in [2.45, 2.75) is 24.7 Å². The number of piperazine rings is 1. The van der Waals surface area contributed by atoms with Crippen molar-refractivity contribution in [1.29, 1.82) is 0 Å². The monoisotopic (exact) mass is 426 g/mol. The van der Waals surface area contributed by atoms with Crippen LogP contribution in [0.3, 0.4) is 0 Å². The molecule has 1 heterocycles. The number of nitrogens with zero attached hydrogens (tertiary/aromatic N) is 2. The van der Waals surface area contributed by atoms with Gasteiger partial charge in [0.15, 0.2) is 0 Å². The van der Waals surface area contributed by atoms with Crippen molar-refractivity contribution in [2.24, 2.45) is 5.73 Å². The molecule has 0 spiro atoms. The number of nitrogens with two attached hydrogens (primary N) is 1. The molecule has 0 saturated carbocycles. The topological polar surface area (TPSA) is 95.7 Å². The fraction of sp³-hybridized carbons (Fsp3) is 0.562. The van der Waals surface area contributed by atoms with Gasteiger partial charge >= 0.3 is 0 Å². The van der Waals surface area contributed by atoms with Gasteiger partial charge < -0.3 is 16.0 Å². The van der Waals surface area contributed by atoms with Gasteiger partial charge in [0.2, 0.25) is 15.9 Å². The minimum absolute atomic E-state index is 0. The average Bonchev–Trinajstić information content (AvgIpc) is 2.60. The highest BCUT2D eigenvalue weighted by atomic mass is 35.5. The van der Waals surface area contributed by atoms with Gasteiger partial charge in [-0.05, 0) is 37.7 Å². The highest BCUT2D eigenvalue weighted by Crippen LogP contribution is 2.21. The molecule has 26 heavy (non-hydrogen) atoms. The first kappa shape index (κ1) is 25.1. The van der Waals surface area contributed by atoms with Crippen LogP contribution in [0.4, 0.5) is 5.69 Å². The summed E-state index contributed by atoms with van der Waals surface area (Å²) in [5, 5.41) is 2.72. The molecule has 7 nitrogen and oxygen atoms in total. The van der Waals surface area contributed by atoms with Crippen LogP contribution in [-0.4, -0.2) is 62.8 Å². The molecule has 0 radical (unpaired) electrons. The Hall–Kier alpha value is -0.900. The third-order valence-electron chi connectivity index (χ3n) is 4.14. The Morgan fingerprint density at radius 1 is 1.19 bits per heavy atom. The van der Waals surface area contributed by atoms with Crippen LogP contribution in [0.25, 0.3) is 0 Å². The van der Waals surface area contributed by atoms with Crippen LogP contribution in [0.2, 0.25) is 0 Å². The van der Waals surface area contributed by atoms with Gasteiger partial charge in [-0.15, -0.1) is 24.8 Å². The van der Waals surface area contributed by atoms with E-state index >= 15 is 0 Å². The molecule has 1 aromatic rings. The van der Waals surface area contributed by atoms with E-state index in [0.29, 0.717) is 38.2 Å². The van der Waals surface area contributed by atoms with Gasteiger partial charge in [0.1, 0.15) is 0 Å². The Morgan fingerprint density at radius 2 is 1.85 bits per heavy atom. The van der Waals surface area contributed by atoms with Crippen LogP contribution in [0.5, 0.6) is 0 Å². The van der Waals surface area contributed by atoms with Crippen molar-refractivity contribution in [3.8, 4) is 0 Å². The van der Waals surface area contributed by atoms with Crippen molar-refractivity contribution < 1.29 is 13.2 Å². The molecule has 1 saturated heterocycles. The minimum atomic E-state index is -3.53. The van der Waals surface area contributed by atoms with E-state index in [1.807, 2.05) is 0 Å². The number of hydrogen-bond acceptors (Lipinski definition) is 5. The summed E-state index contributed by atoms with van der Waals surface area (Å²) in [7, 11) is -3.53. The summed E-state index contributed by atoms with van der Waals surface area (Å²) < 4.78 is 27.0. The van der Waals surface area contributed by atoms with Crippen LogP contribution >= 0.6 is 24.8 Å². The van der Waals surface area contributed by atoms with E-state index in [4.69, 9.17) is 5.73 Å². The average molecular weight is 427 g/mol. The fourth-order valence-electron chi connectivity index (χ4n) is 2.66. The number of carbonyl (C=O) groups excluding carboxylic acids is 1. The second-order valence-corrected chi connectivity index (χ2v) is 7.74. The number of rotatable bonds is 7. The Kier molecular flexibility index (Phi) is 11.3. The summed E-state index contributed by atoms with van der Waals surface area (Å²) in [5.41, 5.74) is 5.88. The quantitative estimate of drug-likeness (QED) is 0.688. The summed E-state index contributed by atoms with van der Waals surface area (Å²) in [6.07, 6.45) is 0.929. The molecule has 3 N–H and O–H groups in total. The number of benzene rings is 1. The molecule has 1 fully saturated rings. The van der Waals surface area contributed by atoms with E-state index in [1.165, 1.54) is 10.4 Å². The predicted octanol–water partition coefficient (Wildman–Crippen LogP) is 1.53. The van der Waals surface area contributed by atoms with Crippen LogP contribution in [0, 0.1) is 0 Å². The molecule has 1 aliphatic rings. The van der Waals surface area contributed by atoms with Gasteiger partial charge in [0, 0.05) is 38.3 Å². The maximum absolute atomic E-state index is 12.8. The largest absolute Gasteiger partial charge is 0.330 e. The lowest BCUT2D eigenvalue weighted by Crippen LogP contribution is -2.48. The summed E-state index contributed by atoms with van der Waals surface area (Å²) in [6.45, 7) is 5.91. The van der Waals surface area contributed by atoms with Gasteiger partial charge in [-0.3, -0.25) is 4.79 Å². The Balaban J connectivity index is 0.00000312. The lowest BCUT2D eigenvalue weighted by Gasteiger charge is -2.33. The molecule has 10 heteroatoms. The third-order valence-corrected chi connectivity index (χ3v) is 6.04. The molecule has 0 atom stereocenters. The number of amides is 1. The zero-order chi connectivity index (χ0) is 17.6. The molecule has 0 aromatic heterocycles. The van der Waals surface area contributed by atoms with E-state index in [0.717, 1.165) is 19.6 Å². The Morgan fingerprint density at radius 3 is 2.42 bits per heavy atom. The van der Waals surface area contributed by atoms with Gasteiger partial charge in [0.05, 0.1) is 4.90 Å². The molecule has 2 rings (SSSR count). The van der Waals surface area contributed by atoms with Crippen LogP contribution in [0.15, 0.2) is 29.2 Å². The molecule has 1 aromatic carbocycles. The van der Waals surface area contributed by atoms with Crippen LogP contribution < -0.4 is 11.1 Å². The maximum Gasteiger partial charge on any atom is 0.243 e. The van der Waals surface area contributed by atoms with Crippen LogP contribution in [0.1, 0.15) is 19.8 Å². The van der Waals surface area contributed by atoms with Gasteiger partial charge in [-0.1, -0.05) is 13.0 Å². The third kappa shape index (κ3) is 6.68. The van der Waals surface area contributed by atoms with Crippen molar-refractivity contribution in [1.82, 2.24) is 9.21 Å². The first-order chi connectivity index (χ1) is 11.5. The van der Waals surface area contributed by atoms with E-state index in [2.05, 4.69) is 17.1 Å². The molecule has 0 bridgehead atoms. The van der Waals surface area contributed by atoms with E-state index < -0.39 is 10.0 Å². The molecule has 1 aliphatic heterocycles. The number of anilines is 1. The van der Waals surface area contributed by atoms with Crippen molar-refractivity contribution in [3.63, 3.8) is 0 Å². The lowest BCUT2D eigenvalue weighted by atomic mass is 10.2. The zero-order valence-electron chi connectivity index (χ0n) is 14.9. The smallest absolute Gasteiger partial charge is 0.243 e. The van der Waals surface area contributed by atoms with Crippen molar-refractivity contribution >= 4 is 46.4 Å². The summed E-state index contributed by atoms with van der Waals surface area (Å²) in [4.78, 5) is 14.2. The number of halogens is 2. The highest BCUT2D eigenvalue weighted by Gasteiger charge is 2.28. The van der Waals surface area contributed by atoms with Gasteiger partial charge in [0.25, 0.3) is 0 Å². The van der Waals surface area contributed by atoms with Crippen molar-refractivity contribution in [3.05, 3.63) is 24.3 Å². The molecular weight excluding hydrogens is 399 g/mol. The van der Waals surface area contributed by atoms with E-state index in [1.54, 1.807) is 18.2 Å². The molecule has 1 amide bonds. The minimum Gasteiger partial charge on any atom is -0.330 e. The van der Waals surface area contributed by atoms with E-state index in [9.17, 15) is 13.2 Å². The summed E-state index contributed by atoms with van der Waals surface area (Å²) >= 11 is 0. The van der Waals surface area contributed by atoms with Crippen LogP contribution in [-0.2, 0) is 14.8 Å². The predicted molar refractivity (Wildman–Crippen MR) is 109 cm³/mol. The number of sulfonamides is 1. The maximum atomic E-state index is 12.8. The number of likely N-dealkylation sites (N-methyl/N-ethyl adjacent to an activating group) is 1. The van der Waals surface area contributed by atoms with Gasteiger partial charge in [-0.25, -0.2) is 8.42 Å². The molecule has 0 unspecified atom stereocenters. The molecule has 0 aliphatic carbocycles. The number of carbonyl (C=O) groups is 1. The zero-order valence-corrected chi connectivity index (χ0v) is 17.3. The SMILES string of the molecule is CCN1CCN(S(=O)(=O)c2cccc(NC(=O)CCCN)c2)CC1.Cl.Cl. The second kappa shape index (κ2) is 11.7. The first-order valence-corrected chi connectivity index (χ1v) is 9.74. The molecule has 150 valence electrons. The summed E-state index contributed by atoms with van der Waals surface area (Å²) in [5.74, 6) is -0.161. The van der Waals surface area contributed by atoms with Crippen molar-refractivity contribution in [2.75, 3.05) is 44.6 Å². The van der Waals surface area contributed by atoms with E-state index in [-0.39, 0.29) is 35.6 Å².